The van der Waals surface area contributed by atoms with E-state index in [1.54, 1.807) is 28.9 Å². The second-order valence-corrected chi connectivity index (χ2v) is 2.79. The predicted molar refractivity (Wildman–Crippen MR) is 53.7 cm³/mol. The molecule has 2 heterocycles. The summed E-state index contributed by atoms with van der Waals surface area (Å²) in [5.41, 5.74) is 1.60. The fraction of sp³-hybridized carbons (Fsp3) is 0.125. The van der Waals surface area contributed by atoms with Gasteiger partial charge in [0.1, 0.15) is 11.4 Å². The van der Waals surface area contributed by atoms with Gasteiger partial charge in [0.15, 0.2) is 0 Å². The molecule has 0 aliphatic rings. The third-order valence-corrected chi connectivity index (χ3v) is 1.90. The summed E-state index contributed by atoms with van der Waals surface area (Å²) >= 11 is 5.60. The van der Waals surface area contributed by atoms with E-state index in [9.17, 15) is 0 Å². The highest BCUT2D eigenvalue weighted by molar-refractivity contribution is 6.16. The highest BCUT2D eigenvalue weighted by Gasteiger charge is 1.99. The van der Waals surface area contributed by atoms with Crippen molar-refractivity contribution < 1.29 is 5.11 Å². The molecule has 70 valence electrons. The maximum atomic E-state index is 9.13. The number of aromatic nitrogens is 2. The van der Waals surface area contributed by atoms with Crippen molar-refractivity contribution in [2.45, 2.75) is 5.88 Å². The number of halogens is 2. The van der Waals surface area contributed by atoms with E-state index in [0.717, 1.165) is 11.3 Å². The summed E-state index contributed by atoms with van der Waals surface area (Å²) < 4.78 is 1.74. The van der Waals surface area contributed by atoms with Crippen LogP contribution in [0.3, 0.4) is 0 Å². The molecule has 0 bridgehead atoms. The molecule has 3 nitrogen and oxygen atoms in total. The zero-order valence-electron chi connectivity index (χ0n) is 6.64. The predicted octanol–water partition coefficient (Wildman–Crippen LogP) is 2.20. The SMILES string of the molecule is Cl.Oc1ccc2nc(CCl)cn2c1. The van der Waals surface area contributed by atoms with Crippen LogP contribution in [0, 0.1) is 0 Å². The molecule has 0 atom stereocenters. The summed E-state index contributed by atoms with van der Waals surface area (Å²) in [6, 6.07) is 3.34. The Bertz CT molecular complexity index is 413. The van der Waals surface area contributed by atoms with Gasteiger partial charge in [-0.25, -0.2) is 4.98 Å². The number of hydrogen-bond acceptors (Lipinski definition) is 2. The van der Waals surface area contributed by atoms with Crippen LogP contribution in [0.25, 0.3) is 5.65 Å². The van der Waals surface area contributed by atoms with Gasteiger partial charge < -0.3 is 9.51 Å². The Morgan fingerprint density at radius 3 is 2.85 bits per heavy atom. The molecule has 0 spiro atoms. The normalized spacial score (nSPS) is 9.92. The van der Waals surface area contributed by atoms with Crippen molar-refractivity contribution in [3.8, 4) is 5.75 Å². The fourth-order valence-corrected chi connectivity index (χ4v) is 1.23. The van der Waals surface area contributed by atoms with Gasteiger partial charge in [0.05, 0.1) is 17.8 Å². The van der Waals surface area contributed by atoms with Crippen LogP contribution in [0.5, 0.6) is 5.75 Å². The first-order chi connectivity index (χ1) is 5.79. The Hall–Kier alpha value is -0.930. The van der Waals surface area contributed by atoms with E-state index in [-0.39, 0.29) is 18.2 Å². The highest BCUT2D eigenvalue weighted by Crippen LogP contribution is 2.12. The number of fused-ring (bicyclic) bond motifs is 1. The van der Waals surface area contributed by atoms with Crippen LogP contribution in [0.2, 0.25) is 0 Å². The maximum Gasteiger partial charge on any atom is 0.137 e. The Morgan fingerprint density at radius 2 is 2.15 bits per heavy atom. The minimum atomic E-state index is 0. The Labute approximate surface area is 86.4 Å². The number of rotatable bonds is 1. The summed E-state index contributed by atoms with van der Waals surface area (Å²) in [5.74, 6) is 0.614. The van der Waals surface area contributed by atoms with Gasteiger partial charge in [0.25, 0.3) is 0 Å². The van der Waals surface area contributed by atoms with Crippen LogP contribution in [0.4, 0.5) is 0 Å². The van der Waals surface area contributed by atoms with E-state index < -0.39 is 0 Å². The monoisotopic (exact) mass is 218 g/mol. The van der Waals surface area contributed by atoms with E-state index in [2.05, 4.69) is 4.98 Å². The molecule has 5 heteroatoms. The van der Waals surface area contributed by atoms with Crippen molar-refractivity contribution in [1.29, 1.82) is 0 Å². The summed E-state index contributed by atoms with van der Waals surface area (Å²) in [7, 11) is 0. The van der Waals surface area contributed by atoms with E-state index in [1.165, 1.54) is 0 Å². The lowest BCUT2D eigenvalue weighted by Crippen LogP contribution is -1.79. The molecule has 2 rings (SSSR count). The quantitative estimate of drug-likeness (QED) is 0.746. The molecule has 2 aromatic heterocycles. The number of pyridine rings is 1. The third-order valence-electron chi connectivity index (χ3n) is 1.62. The number of nitrogens with zero attached hydrogens (tertiary/aromatic N) is 2. The zero-order chi connectivity index (χ0) is 8.55. The van der Waals surface area contributed by atoms with Crippen LogP contribution >= 0.6 is 24.0 Å². The molecule has 0 radical (unpaired) electrons. The summed E-state index contributed by atoms with van der Waals surface area (Å²) in [6.45, 7) is 0. The summed E-state index contributed by atoms with van der Waals surface area (Å²) in [6.07, 6.45) is 3.39. The minimum absolute atomic E-state index is 0. The van der Waals surface area contributed by atoms with Crippen molar-refractivity contribution >= 4 is 29.7 Å². The van der Waals surface area contributed by atoms with Crippen LogP contribution in [-0.2, 0) is 5.88 Å². The van der Waals surface area contributed by atoms with Gasteiger partial charge in [-0.1, -0.05) is 0 Å². The van der Waals surface area contributed by atoms with Crippen LogP contribution in [0.1, 0.15) is 5.69 Å². The number of aromatic hydroxyl groups is 1. The number of hydrogen-bond donors (Lipinski definition) is 1. The number of alkyl halides is 1. The van der Waals surface area contributed by atoms with E-state index >= 15 is 0 Å². The minimum Gasteiger partial charge on any atom is -0.506 e. The van der Waals surface area contributed by atoms with Gasteiger partial charge >= 0.3 is 0 Å². The average Bonchev–Trinajstić information content (AvgIpc) is 2.46. The topological polar surface area (TPSA) is 37.5 Å². The second-order valence-electron chi connectivity index (χ2n) is 2.52. The van der Waals surface area contributed by atoms with E-state index in [0.29, 0.717) is 5.88 Å². The lowest BCUT2D eigenvalue weighted by Gasteiger charge is -1.92. The van der Waals surface area contributed by atoms with Crippen LogP contribution in [0.15, 0.2) is 24.5 Å². The molecule has 13 heavy (non-hydrogen) atoms. The van der Waals surface area contributed by atoms with Gasteiger partial charge in [0, 0.05) is 6.20 Å². The third kappa shape index (κ3) is 1.87. The standard InChI is InChI=1S/C8H7ClN2O.ClH/c9-3-6-4-11-5-7(12)1-2-8(11)10-6;/h1-2,4-5,12H,3H2;1H. The average molecular weight is 219 g/mol. The molecular weight excluding hydrogens is 211 g/mol. The lowest BCUT2D eigenvalue weighted by molar-refractivity contribution is 0.472. The molecule has 0 saturated heterocycles. The largest absolute Gasteiger partial charge is 0.506 e. The molecule has 0 fully saturated rings. The molecule has 1 N–H and O–H groups in total. The Morgan fingerprint density at radius 1 is 1.38 bits per heavy atom. The Kier molecular flexibility index (Phi) is 3.01. The van der Waals surface area contributed by atoms with Crippen molar-refractivity contribution in [1.82, 2.24) is 9.38 Å². The first-order valence-electron chi connectivity index (χ1n) is 3.52. The van der Waals surface area contributed by atoms with Crippen molar-refractivity contribution in [3.63, 3.8) is 0 Å². The highest BCUT2D eigenvalue weighted by atomic mass is 35.5. The first kappa shape index (κ1) is 10.2. The molecule has 0 aromatic carbocycles. The molecular formula is C8H8Cl2N2O. The van der Waals surface area contributed by atoms with Crippen molar-refractivity contribution in [2.75, 3.05) is 0 Å². The van der Waals surface area contributed by atoms with Gasteiger partial charge in [-0.15, -0.1) is 24.0 Å². The molecule has 0 unspecified atom stereocenters. The van der Waals surface area contributed by atoms with Gasteiger partial charge in [-0.3, -0.25) is 0 Å². The van der Waals surface area contributed by atoms with Gasteiger partial charge in [0.2, 0.25) is 0 Å². The van der Waals surface area contributed by atoms with Gasteiger partial charge in [-0.05, 0) is 12.1 Å². The molecule has 0 saturated carbocycles. The first-order valence-corrected chi connectivity index (χ1v) is 4.05. The summed E-state index contributed by atoms with van der Waals surface area (Å²) in [4.78, 5) is 4.19. The van der Waals surface area contributed by atoms with Crippen molar-refractivity contribution in [3.05, 3.63) is 30.2 Å². The molecule has 2 aromatic rings. The van der Waals surface area contributed by atoms with E-state index in [4.69, 9.17) is 16.7 Å². The number of imidazole rings is 1. The Balaban J connectivity index is 0.000000845. The molecule has 0 aliphatic heterocycles. The lowest BCUT2D eigenvalue weighted by atomic mass is 10.4. The fourth-order valence-electron chi connectivity index (χ4n) is 1.10. The molecule has 0 aliphatic carbocycles. The van der Waals surface area contributed by atoms with E-state index in [1.807, 2.05) is 0 Å². The molecule has 0 amide bonds. The van der Waals surface area contributed by atoms with Gasteiger partial charge in [-0.2, -0.15) is 0 Å². The second kappa shape index (κ2) is 3.85. The smallest absolute Gasteiger partial charge is 0.137 e. The van der Waals surface area contributed by atoms with Crippen LogP contribution in [-0.4, -0.2) is 14.5 Å². The maximum absolute atomic E-state index is 9.13. The van der Waals surface area contributed by atoms with Crippen molar-refractivity contribution in [2.24, 2.45) is 0 Å². The van der Waals surface area contributed by atoms with Crippen LogP contribution < -0.4 is 0 Å². The zero-order valence-corrected chi connectivity index (χ0v) is 8.22. The summed E-state index contributed by atoms with van der Waals surface area (Å²) in [5, 5.41) is 9.13.